The van der Waals surface area contributed by atoms with Crippen LogP contribution in [0.1, 0.15) is 33.1 Å². The van der Waals surface area contributed by atoms with Crippen LogP contribution in [0.15, 0.2) is 40.2 Å². The second-order valence-electron chi connectivity index (χ2n) is 8.25. The van der Waals surface area contributed by atoms with E-state index in [0.29, 0.717) is 30.4 Å². The molecule has 0 bridgehead atoms. The van der Waals surface area contributed by atoms with E-state index < -0.39 is 9.84 Å². The average Bonchev–Trinajstić information content (AvgIpc) is 3.57. The third-order valence-corrected chi connectivity index (χ3v) is 7.47. The average molecular weight is 578 g/mol. The lowest BCUT2D eigenvalue weighted by Crippen LogP contribution is -2.56. The van der Waals surface area contributed by atoms with Crippen LogP contribution in [0.25, 0.3) is 0 Å². The molecular weight excluding hydrogens is 541 g/mol. The first kappa shape index (κ1) is 26.8. The summed E-state index contributed by atoms with van der Waals surface area (Å²) in [7, 11) is -3.38. The molecule has 10 heteroatoms. The van der Waals surface area contributed by atoms with E-state index in [2.05, 4.69) is 25.4 Å². The fourth-order valence-corrected chi connectivity index (χ4v) is 5.25. The van der Waals surface area contributed by atoms with Crippen molar-refractivity contribution in [3.63, 3.8) is 0 Å². The predicted octanol–water partition coefficient (Wildman–Crippen LogP) is 1.72. The molecule has 1 saturated heterocycles. The quantitative estimate of drug-likeness (QED) is 0.264. The standard InChI is InChI=1S/C22H35N5O3S.HI/c1-3-18(17-31(29,30)20-8-6-5-7-9-20)25-22(23-4-2)27-14-12-26(13-15-27)16-21(28)24-19-10-11-19;/h5-9,18-19H,3-4,10-17H2,1-2H3,(H,23,25)(H,24,28);1H. The third-order valence-electron chi connectivity index (χ3n) is 5.64. The van der Waals surface area contributed by atoms with Crippen molar-refractivity contribution in [3.05, 3.63) is 30.3 Å². The Balaban J connectivity index is 0.00000363. The molecule has 2 fully saturated rings. The van der Waals surface area contributed by atoms with Crippen LogP contribution in [0.3, 0.4) is 0 Å². The van der Waals surface area contributed by atoms with E-state index in [1.165, 1.54) is 0 Å². The number of carbonyl (C=O) groups excluding carboxylic acids is 1. The first-order valence-corrected chi connectivity index (χ1v) is 12.9. The van der Waals surface area contributed by atoms with E-state index in [1.807, 2.05) is 19.9 Å². The molecular formula is C22H36IN5O3S. The first-order valence-electron chi connectivity index (χ1n) is 11.3. The minimum Gasteiger partial charge on any atom is -0.352 e. The van der Waals surface area contributed by atoms with Crippen molar-refractivity contribution in [1.29, 1.82) is 0 Å². The summed E-state index contributed by atoms with van der Waals surface area (Å²) in [6.07, 6.45) is 2.87. The Morgan fingerprint density at radius 1 is 1.12 bits per heavy atom. The predicted molar refractivity (Wildman–Crippen MR) is 138 cm³/mol. The lowest BCUT2D eigenvalue weighted by molar-refractivity contribution is -0.122. The van der Waals surface area contributed by atoms with Gasteiger partial charge in [-0.2, -0.15) is 0 Å². The zero-order chi connectivity index (χ0) is 22.3. The Hall–Kier alpha value is -1.40. The number of amides is 1. The number of nitrogens with zero attached hydrogens (tertiary/aromatic N) is 3. The fraction of sp³-hybridized carbons (Fsp3) is 0.636. The smallest absolute Gasteiger partial charge is 0.234 e. The summed E-state index contributed by atoms with van der Waals surface area (Å²) in [5.74, 6) is 0.880. The molecule has 1 unspecified atom stereocenters. The van der Waals surface area contributed by atoms with Crippen LogP contribution in [-0.2, 0) is 14.6 Å². The van der Waals surface area contributed by atoms with Gasteiger partial charge in [0.25, 0.3) is 0 Å². The van der Waals surface area contributed by atoms with Gasteiger partial charge in [-0.15, -0.1) is 24.0 Å². The molecule has 2 N–H and O–H groups in total. The van der Waals surface area contributed by atoms with Crippen LogP contribution in [0.5, 0.6) is 0 Å². The minimum absolute atomic E-state index is 0. The summed E-state index contributed by atoms with van der Waals surface area (Å²) < 4.78 is 25.6. The lowest BCUT2D eigenvalue weighted by Gasteiger charge is -2.37. The van der Waals surface area contributed by atoms with Crippen molar-refractivity contribution in [2.45, 2.75) is 50.1 Å². The Morgan fingerprint density at radius 2 is 1.78 bits per heavy atom. The van der Waals surface area contributed by atoms with Crippen LogP contribution >= 0.6 is 24.0 Å². The number of nitrogens with one attached hydrogen (secondary N) is 2. The molecule has 2 aliphatic rings. The van der Waals surface area contributed by atoms with Crippen LogP contribution in [0.4, 0.5) is 0 Å². The summed E-state index contributed by atoms with van der Waals surface area (Å²) in [6.45, 7) is 8.08. The molecule has 1 aliphatic carbocycles. The summed E-state index contributed by atoms with van der Waals surface area (Å²) in [5, 5.41) is 6.43. The van der Waals surface area contributed by atoms with E-state index >= 15 is 0 Å². The van der Waals surface area contributed by atoms with Crippen molar-refractivity contribution in [2.24, 2.45) is 4.99 Å². The zero-order valence-corrected chi connectivity index (χ0v) is 22.1. The van der Waals surface area contributed by atoms with Gasteiger partial charge in [0.2, 0.25) is 5.91 Å². The maximum absolute atomic E-state index is 12.8. The summed E-state index contributed by atoms with van der Waals surface area (Å²) in [6, 6.07) is 8.75. The van der Waals surface area contributed by atoms with Crippen molar-refractivity contribution in [1.82, 2.24) is 20.4 Å². The van der Waals surface area contributed by atoms with Crippen molar-refractivity contribution in [2.75, 3.05) is 45.0 Å². The Labute approximate surface area is 209 Å². The van der Waals surface area contributed by atoms with Gasteiger partial charge in [-0.3, -0.25) is 14.7 Å². The van der Waals surface area contributed by atoms with Gasteiger partial charge in [0.05, 0.1) is 17.2 Å². The van der Waals surface area contributed by atoms with Crippen LogP contribution in [0, 0.1) is 0 Å². The summed E-state index contributed by atoms with van der Waals surface area (Å²) in [4.78, 5) is 21.3. The number of carbonyl (C=O) groups is 1. The number of hydrogen-bond acceptors (Lipinski definition) is 5. The van der Waals surface area contributed by atoms with Gasteiger partial charge in [-0.1, -0.05) is 25.1 Å². The molecule has 0 aromatic heterocycles. The molecule has 180 valence electrons. The number of halogens is 1. The number of guanidine groups is 1. The maximum atomic E-state index is 12.8. The molecule has 3 rings (SSSR count). The summed E-state index contributed by atoms with van der Waals surface area (Å²) >= 11 is 0. The largest absolute Gasteiger partial charge is 0.352 e. The van der Waals surface area contributed by atoms with Gasteiger partial charge in [0.15, 0.2) is 15.8 Å². The number of benzene rings is 1. The number of aliphatic imine (C=N–C) groups is 1. The van der Waals surface area contributed by atoms with Crippen molar-refractivity contribution in [3.8, 4) is 0 Å². The maximum Gasteiger partial charge on any atom is 0.234 e. The Bertz CT molecular complexity index is 854. The van der Waals surface area contributed by atoms with Crippen LogP contribution in [0.2, 0.25) is 0 Å². The SMILES string of the molecule is CCN=C(NC(CC)CS(=O)(=O)c1ccccc1)N1CCN(CC(=O)NC2CC2)CC1.I. The normalized spacial score (nSPS) is 18.6. The number of sulfone groups is 1. The highest BCUT2D eigenvalue weighted by Gasteiger charge is 2.27. The minimum atomic E-state index is -3.38. The number of rotatable bonds is 9. The molecule has 1 atom stereocenters. The highest BCUT2D eigenvalue weighted by molar-refractivity contribution is 14.0. The molecule has 8 nitrogen and oxygen atoms in total. The van der Waals surface area contributed by atoms with Crippen LogP contribution < -0.4 is 10.6 Å². The molecule has 0 radical (unpaired) electrons. The molecule has 1 amide bonds. The van der Waals surface area contributed by atoms with Gasteiger partial charge in [-0.25, -0.2) is 8.42 Å². The van der Waals surface area contributed by atoms with E-state index in [1.54, 1.807) is 24.3 Å². The third kappa shape index (κ3) is 8.18. The van der Waals surface area contributed by atoms with Gasteiger partial charge in [0.1, 0.15) is 0 Å². The molecule has 32 heavy (non-hydrogen) atoms. The lowest BCUT2D eigenvalue weighted by atomic mass is 10.2. The van der Waals surface area contributed by atoms with Gasteiger partial charge in [0, 0.05) is 44.8 Å². The monoisotopic (exact) mass is 577 g/mol. The Morgan fingerprint density at radius 3 is 2.34 bits per heavy atom. The molecule has 1 saturated carbocycles. The van der Waals surface area contributed by atoms with Gasteiger partial charge >= 0.3 is 0 Å². The van der Waals surface area contributed by atoms with Crippen molar-refractivity contribution >= 4 is 45.7 Å². The molecule has 1 heterocycles. The first-order chi connectivity index (χ1) is 14.9. The number of piperazine rings is 1. The molecule has 1 aromatic rings. The van der Waals surface area contributed by atoms with Gasteiger partial charge < -0.3 is 15.5 Å². The highest BCUT2D eigenvalue weighted by atomic mass is 127. The highest BCUT2D eigenvalue weighted by Crippen LogP contribution is 2.18. The number of hydrogen-bond donors (Lipinski definition) is 2. The second kappa shape index (κ2) is 12.7. The van der Waals surface area contributed by atoms with Gasteiger partial charge in [-0.05, 0) is 38.3 Å². The van der Waals surface area contributed by atoms with E-state index in [9.17, 15) is 13.2 Å². The van der Waals surface area contributed by atoms with E-state index in [4.69, 9.17) is 0 Å². The van der Waals surface area contributed by atoms with E-state index in [-0.39, 0.29) is 41.7 Å². The molecule has 0 spiro atoms. The molecule has 1 aromatic carbocycles. The van der Waals surface area contributed by atoms with Crippen LogP contribution in [-0.4, -0.2) is 87.2 Å². The topological polar surface area (TPSA) is 94.1 Å². The molecule has 1 aliphatic heterocycles. The fourth-order valence-electron chi connectivity index (χ4n) is 3.64. The summed E-state index contributed by atoms with van der Waals surface area (Å²) in [5.41, 5.74) is 0. The second-order valence-corrected chi connectivity index (χ2v) is 10.3. The zero-order valence-electron chi connectivity index (χ0n) is 19.0. The Kier molecular flexibility index (Phi) is 10.7. The van der Waals surface area contributed by atoms with E-state index in [0.717, 1.165) is 45.0 Å². The van der Waals surface area contributed by atoms with Crippen molar-refractivity contribution < 1.29 is 13.2 Å².